The molecule has 0 amide bonds. The summed E-state index contributed by atoms with van der Waals surface area (Å²) < 4.78 is 5.62. The van der Waals surface area contributed by atoms with E-state index in [1.54, 1.807) is 0 Å². The Labute approximate surface area is 121 Å². The Hall–Kier alpha value is -1.05. The molecule has 1 unspecified atom stereocenters. The summed E-state index contributed by atoms with van der Waals surface area (Å²) in [5.41, 5.74) is 3.56. The third-order valence-electron chi connectivity index (χ3n) is 2.99. The molecule has 0 saturated heterocycles. The Bertz CT molecular complexity index is 409. The quantitative estimate of drug-likeness (QED) is 0.365. The maximum Gasteiger partial charge on any atom is 0.0721 e. The lowest BCUT2D eigenvalue weighted by molar-refractivity contribution is 0.148. The standard InChI is InChI=1S/C17H23ClO/c1-14(2)17(18)10-9-15(3)11-12-19-13-16-7-5-4-6-8-16/h4-8,11,17H,1,9-10,12-13H2,2-3H3/b15-11+. The van der Waals surface area contributed by atoms with E-state index in [9.17, 15) is 0 Å². The van der Waals surface area contributed by atoms with Gasteiger partial charge in [0.1, 0.15) is 0 Å². The maximum atomic E-state index is 6.14. The summed E-state index contributed by atoms with van der Waals surface area (Å²) in [6.45, 7) is 9.27. The van der Waals surface area contributed by atoms with Crippen LogP contribution in [-0.4, -0.2) is 12.0 Å². The van der Waals surface area contributed by atoms with Crippen LogP contribution in [0, 0.1) is 0 Å². The number of halogens is 1. The molecule has 0 heterocycles. The average Bonchev–Trinajstić information content (AvgIpc) is 2.42. The van der Waals surface area contributed by atoms with Gasteiger partial charge < -0.3 is 4.74 Å². The summed E-state index contributed by atoms with van der Waals surface area (Å²) in [4.78, 5) is 0. The van der Waals surface area contributed by atoms with E-state index >= 15 is 0 Å². The Morgan fingerprint density at radius 3 is 2.63 bits per heavy atom. The van der Waals surface area contributed by atoms with Gasteiger partial charge in [0.15, 0.2) is 0 Å². The first-order chi connectivity index (χ1) is 9.09. The first-order valence-corrected chi connectivity index (χ1v) is 7.10. The van der Waals surface area contributed by atoms with Crippen LogP contribution >= 0.6 is 11.6 Å². The third kappa shape index (κ3) is 7.19. The molecule has 0 aromatic heterocycles. The molecule has 0 spiro atoms. The molecule has 1 atom stereocenters. The molecular formula is C17H23ClO. The van der Waals surface area contributed by atoms with Crippen LogP contribution in [0.4, 0.5) is 0 Å². The van der Waals surface area contributed by atoms with Crippen LogP contribution in [0.25, 0.3) is 0 Å². The third-order valence-corrected chi connectivity index (χ3v) is 3.58. The minimum atomic E-state index is 0.0774. The molecule has 1 aromatic carbocycles. The molecule has 0 N–H and O–H groups in total. The molecule has 104 valence electrons. The smallest absolute Gasteiger partial charge is 0.0721 e. The molecule has 0 aliphatic carbocycles. The van der Waals surface area contributed by atoms with E-state index in [1.807, 2.05) is 25.1 Å². The van der Waals surface area contributed by atoms with Crippen LogP contribution < -0.4 is 0 Å². The highest BCUT2D eigenvalue weighted by molar-refractivity contribution is 6.22. The molecule has 0 aliphatic heterocycles. The van der Waals surface area contributed by atoms with Crippen molar-refractivity contribution in [2.75, 3.05) is 6.61 Å². The highest BCUT2D eigenvalue weighted by Crippen LogP contribution is 2.16. The van der Waals surface area contributed by atoms with Crippen molar-refractivity contribution in [1.82, 2.24) is 0 Å². The molecule has 0 saturated carbocycles. The lowest BCUT2D eigenvalue weighted by Gasteiger charge is -2.09. The maximum absolute atomic E-state index is 6.14. The minimum Gasteiger partial charge on any atom is -0.373 e. The van der Waals surface area contributed by atoms with E-state index in [1.165, 1.54) is 11.1 Å². The summed E-state index contributed by atoms with van der Waals surface area (Å²) in [5.74, 6) is 0. The summed E-state index contributed by atoms with van der Waals surface area (Å²) in [5, 5.41) is 0.0774. The van der Waals surface area contributed by atoms with E-state index in [2.05, 4.69) is 31.7 Å². The fourth-order valence-corrected chi connectivity index (χ4v) is 1.76. The van der Waals surface area contributed by atoms with Gasteiger partial charge in [-0.15, -0.1) is 11.6 Å². The predicted octanol–water partition coefficient (Wildman–Crippen LogP) is 5.11. The van der Waals surface area contributed by atoms with Gasteiger partial charge in [0.05, 0.1) is 18.6 Å². The second-order valence-electron chi connectivity index (χ2n) is 4.90. The van der Waals surface area contributed by atoms with E-state index in [4.69, 9.17) is 16.3 Å². The van der Waals surface area contributed by atoms with Gasteiger partial charge in [-0.2, -0.15) is 0 Å². The van der Waals surface area contributed by atoms with Crippen LogP contribution in [-0.2, 0) is 11.3 Å². The van der Waals surface area contributed by atoms with Crippen LogP contribution in [0.2, 0.25) is 0 Å². The highest BCUT2D eigenvalue weighted by Gasteiger charge is 2.04. The molecule has 1 nitrogen and oxygen atoms in total. The van der Waals surface area contributed by atoms with Gasteiger partial charge in [-0.05, 0) is 32.3 Å². The van der Waals surface area contributed by atoms with Gasteiger partial charge in [-0.25, -0.2) is 0 Å². The Morgan fingerprint density at radius 2 is 2.00 bits per heavy atom. The van der Waals surface area contributed by atoms with Crippen molar-refractivity contribution in [3.8, 4) is 0 Å². The molecule has 2 heteroatoms. The van der Waals surface area contributed by atoms with E-state index in [-0.39, 0.29) is 5.38 Å². The number of ether oxygens (including phenoxy) is 1. The van der Waals surface area contributed by atoms with Crippen LogP contribution in [0.3, 0.4) is 0 Å². The summed E-state index contributed by atoms with van der Waals surface area (Å²) in [6, 6.07) is 10.2. The zero-order valence-electron chi connectivity index (χ0n) is 11.9. The zero-order chi connectivity index (χ0) is 14.1. The van der Waals surface area contributed by atoms with Crippen molar-refractivity contribution in [3.05, 3.63) is 59.7 Å². The lowest BCUT2D eigenvalue weighted by atomic mass is 10.1. The molecule has 1 aromatic rings. The van der Waals surface area contributed by atoms with Gasteiger partial charge in [0.25, 0.3) is 0 Å². The van der Waals surface area contributed by atoms with Gasteiger partial charge in [-0.1, -0.05) is 54.1 Å². The fraction of sp³-hybridized carbons (Fsp3) is 0.412. The predicted molar refractivity (Wildman–Crippen MR) is 83.5 cm³/mol. The van der Waals surface area contributed by atoms with Crippen molar-refractivity contribution >= 4 is 11.6 Å². The average molecular weight is 279 g/mol. The Balaban J connectivity index is 2.19. The van der Waals surface area contributed by atoms with Crippen LogP contribution in [0.15, 0.2) is 54.1 Å². The van der Waals surface area contributed by atoms with Crippen LogP contribution in [0.1, 0.15) is 32.3 Å². The molecule has 0 aliphatic rings. The summed E-state index contributed by atoms with van der Waals surface area (Å²) in [6.07, 6.45) is 4.07. The second-order valence-corrected chi connectivity index (χ2v) is 5.43. The second kappa shape index (κ2) is 8.95. The molecule has 0 fully saturated rings. The lowest BCUT2D eigenvalue weighted by Crippen LogP contribution is -1.99. The van der Waals surface area contributed by atoms with Gasteiger partial charge in [0, 0.05) is 0 Å². The summed E-state index contributed by atoms with van der Waals surface area (Å²) >= 11 is 6.14. The van der Waals surface area contributed by atoms with Crippen molar-refractivity contribution in [1.29, 1.82) is 0 Å². The normalized spacial score (nSPS) is 13.3. The monoisotopic (exact) mass is 278 g/mol. The van der Waals surface area contributed by atoms with Crippen LogP contribution in [0.5, 0.6) is 0 Å². The Kier molecular flexibility index (Phi) is 7.54. The van der Waals surface area contributed by atoms with E-state index in [0.29, 0.717) is 13.2 Å². The molecular weight excluding hydrogens is 256 g/mol. The van der Waals surface area contributed by atoms with Gasteiger partial charge in [0.2, 0.25) is 0 Å². The van der Waals surface area contributed by atoms with Crippen molar-refractivity contribution < 1.29 is 4.74 Å². The number of hydrogen-bond donors (Lipinski definition) is 0. The first-order valence-electron chi connectivity index (χ1n) is 6.66. The first kappa shape index (κ1) is 16.0. The topological polar surface area (TPSA) is 9.23 Å². The fourth-order valence-electron chi connectivity index (χ4n) is 1.66. The molecule has 1 rings (SSSR count). The van der Waals surface area contributed by atoms with E-state index < -0.39 is 0 Å². The molecule has 0 radical (unpaired) electrons. The SMILES string of the molecule is C=C(C)C(Cl)CC/C(C)=C/COCc1ccccc1. The number of alkyl halides is 1. The highest BCUT2D eigenvalue weighted by atomic mass is 35.5. The van der Waals surface area contributed by atoms with Crippen molar-refractivity contribution in [3.63, 3.8) is 0 Å². The number of rotatable bonds is 8. The number of hydrogen-bond acceptors (Lipinski definition) is 1. The van der Waals surface area contributed by atoms with Gasteiger partial charge >= 0.3 is 0 Å². The molecule has 19 heavy (non-hydrogen) atoms. The minimum absolute atomic E-state index is 0.0774. The van der Waals surface area contributed by atoms with Gasteiger partial charge in [-0.3, -0.25) is 0 Å². The molecule has 0 bridgehead atoms. The van der Waals surface area contributed by atoms with Crippen molar-refractivity contribution in [2.24, 2.45) is 0 Å². The van der Waals surface area contributed by atoms with Crippen molar-refractivity contribution in [2.45, 2.75) is 38.7 Å². The largest absolute Gasteiger partial charge is 0.373 e. The number of benzene rings is 1. The summed E-state index contributed by atoms with van der Waals surface area (Å²) in [7, 11) is 0. The van der Waals surface area contributed by atoms with E-state index in [0.717, 1.165) is 18.4 Å². The number of allylic oxidation sites excluding steroid dienone is 2. The zero-order valence-corrected chi connectivity index (χ0v) is 12.6. The Morgan fingerprint density at radius 1 is 1.32 bits per heavy atom.